The Morgan fingerprint density at radius 1 is 0.793 bits per heavy atom. The third-order valence-electron chi connectivity index (χ3n) is 4.22. The van der Waals surface area contributed by atoms with Crippen molar-refractivity contribution in [3.8, 4) is 11.5 Å². The van der Waals surface area contributed by atoms with Gasteiger partial charge in [0.1, 0.15) is 11.5 Å². The maximum atomic E-state index is 12.4. The Morgan fingerprint density at radius 3 is 2.10 bits per heavy atom. The van der Waals surface area contributed by atoms with E-state index in [-0.39, 0.29) is 5.91 Å². The Labute approximate surface area is 170 Å². The lowest BCUT2D eigenvalue weighted by Gasteiger charge is -2.09. The second-order valence-corrected chi connectivity index (χ2v) is 6.46. The highest BCUT2D eigenvalue weighted by molar-refractivity contribution is 6.04. The fourth-order valence-electron chi connectivity index (χ4n) is 2.59. The second-order valence-electron chi connectivity index (χ2n) is 6.46. The molecule has 0 aliphatic heterocycles. The molecule has 5 heteroatoms. The zero-order valence-corrected chi connectivity index (χ0v) is 16.3. The van der Waals surface area contributed by atoms with Crippen LogP contribution in [0, 0.1) is 0 Å². The minimum atomic E-state index is -0.427. The maximum Gasteiger partial charge on any atom is 0.343 e. The molecule has 0 aromatic heterocycles. The quantitative estimate of drug-likeness (QED) is 0.321. The summed E-state index contributed by atoms with van der Waals surface area (Å²) in [6, 6.07) is 22.5. The van der Waals surface area contributed by atoms with E-state index >= 15 is 0 Å². The number of benzene rings is 3. The number of carbonyl (C=O) groups is 2. The van der Waals surface area contributed by atoms with Gasteiger partial charge in [-0.25, -0.2) is 4.79 Å². The Morgan fingerprint density at radius 2 is 1.45 bits per heavy atom. The van der Waals surface area contributed by atoms with Crippen molar-refractivity contribution >= 4 is 17.6 Å². The number of rotatable bonds is 8. The number of nitrogens with one attached hydrogen (secondary N) is 1. The van der Waals surface area contributed by atoms with Crippen molar-refractivity contribution in [3.05, 3.63) is 90.0 Å². The normalized spacial score (nSPS) is 10.2. The molecule has 29 heavy (non-hydrogen) atoms. The van der Waals surface area contributed by atoms with Crippen molar-refractivity contribution in [2.45, 2.75) is 19.8 Å². The zero-order valence-electron chi connectivity index (χ0n) is 16.3. The minimum absolute atomic E-state index is 0.223. The van der Waals surface area contributed by atoms with Gasteiger partial charge in [-0.05, 0) is 67.1 Å². The monoisotopic (exact) mass is 389 g/mol. The summed E-state index contributed by atoms with van der Waals surface area (Å²) in [5.74, 6) is 0.507. The molecule has 0 spiro atoms. The van der Waals surface area contributed by atoms with Crippen LogP contribution in [0.5, 0.6) is 11.5 Å². The fourth-order valence-corrected chi connectivity index (χ4v) is 2.59. The number of anilines is 1. The number of esters is 1. The van der Waals surface area contributed by atoms with Crippen LogP contribution < -0.4 is 14.8 Å². The summed E-state index contributed by atoms with van der Waals surface area (Å²) >= 11 is 0. The number of unbranched alkanes of at least 4 members (excludes halogenated alkanes) is 1. The number of hydrogen-bond acceptors (Lipinski definition) is 4. The van der Waals surface area contributed by atoms with E-state index in [0.29, 0.717) is 29.2 Å². The molecule has 0 heterocycles. The molecule has 0 unspecified atom stereocenters. The third kappa shape index (κ3) is 5.94. The molecule has 0 fully saturated rings. The summed E-state index contributed by atoms with van der Waals surface area (Å²) in [6.45, 7) is 2.78. The van der Waals surface area contributed by atoms with Gasteiger partial charge >= 0.3 is 5.97 Å². The standard InChI is InChI=1S/C24H23NO4/c1-2-3-17-28-21-13-9-18(10-14-21)23(26)25-20-11-15-22(16-12-20)29-24(27)19-7-5-4-6-8-19/h4-16H,2-3,17H2,1H3,(H,25,26). The van der Waals surface area contributed by atoms with Gasteiger partial charge in [-0.3, -0.25) is 4.79 Å². The van der Waals surface area contributed by atoms with E-state index in [0.717, 1.165) is 18.6 Å². The molecule has 3 rings (SSSR count). The Kier molecular flexibility index (Phi) is 7.00. The Bertz CT molecular complexity index is 935. The van der Waals surface area contributed by atoms with E-state index < -0.39 is 5.97 Å². The van der Waals surface area contributed by atoms with Crippen LogP contribution in [0.4, 0.5) is 5.69 Å². The lowest BCUT2D eigenvalue weighted by molar-refractivity contribution is 0.0734. The molecule has 0 bridgehead atoms. The van der Waals surface area contributed by atoms with Crippen LogP contribution >= 0.6 is 0 Å². The number of ether oxygens (including phenoxy) is 2. The molecule has 1 N–H and O–H groups in total. The summed E-state index contributed by atoms with van der Waals surface area (Å²) in [4.78, 5) is 24.5. The topological polar surface area (TPSA) is 64.6 Å². The van der Waals surface area contributed by atoms with Crippen molar-refractivity contribution in [3.63, 3.8) is 0 Å². The average Bonchev–Trinajstić information content (AvgIpc) is 2.76. The molecule has 0 aliphatic rings. The maximum absolute atomic E-state index is 12.4. The second kappa shape index (κ2) is 10.1. The van der Waals surface area contributed by atoms with Gasteiger partial charge in [-0.15, -0.1) is 0 Å². The van der Waals surface area contributed by atoms with Crippen LogP contribution in [0.2, 0.25) is 0 Å². The molecular weight excluding hydrogens is 366 g/mol. The van der Waals surface area contributed by atoms with Gasteiger partial charge in [0.2, 0.25) is 0 Å². The first-order chi connectivity index (χ1) is 14.2. The third-order valence-corrected chi connectivity index (χ3v) is 4.22. The molecule has 0 atom stereocenters. The lowest BCUT2D eigenvalue weighted by atomic mass is 10.2. The highest BCUT2D eigenvalue weighted by atomic mass is 16.5. The molecule has 1 amide bonds. The van der Waals surface area contributed by atoms with Crippen molar-refractivity contribution < 1.29 is 19.1 Å². The number of amides is 1. The highest BCUT2D eigenvalue weighted by Gasteiger charge is 2.09. The summed E-state index contributed by atoms with van der Waals surface area (Å²) in [6.07, 6.45) is 2.07. The van der Waals surface area contributed by atoms with E-state index in [1.54, 1.807) is 72.8 Å². The van der Waals surface area contributed by atoms with Crippen LogP contribution in [-0.2, 0) is 0 Å². The van der Waals surface area contributed by atoms with Gasteiger partial charge in [0.25, 0.3) is 5.91 Å². The van der Waals surface area contributed by atoms with Crippen LogP contribution in [0.1, 0.15) is 40.5 Å². The summed E-state index contributed by atoms with van der Waals surface area (Å²) in [5, 5.41) is 2.82. The smallest absolute Gasteiger partial charge is 0.343 e. The molecule has 5 nitrogen and oxygen atoms in total. The Balaban J connectivity index is 1.55. The van der Waals surface area contributed by atoms with Gasteiger partial charge in [0.05, 0.1) is 12.2 Å². The molecule has 0 aliphatic carbocycles. The Hall–Kier alpha value is -3.60. The first kappa shape index (κ1) is 20.1. The highest BCUT2D eigenvalue weighted by Crippen LogP contribution is 2.19. The van der Waals surface area contributed by atoms with E-state index in [2.05, 4.69) is 12.2 Å². The van der Waals surface area contributed by atoms with Crippen LogP contribution in [-0.4, -0.2) is 18.5 Å². The van der Waals surface area contributed by atoms with Crippen LogP contribution in [0.3, 0.4) is 0 Å². The summed E-state index contributed by atoms with van der Waals surface area (Å²) in [5.41, 5.74) is 1.62. The van der Waals surface area contributed by atoms with Crippen LogP contribution in [0.15, 0.2) is 78.9 Å². The van der Waals surface area contributed by atoms with Crippen LogP contribution in [0.25, 0.3) is 0 Å². The van der Waals surface area contributed by atoms with Crippen molar-refractivity contribution in [2.75, 3.05) is 11.9 Å². The van der Waals surface area contributed by atoms with E-state index in [9.17, 15) is 9.59 Å². The molecule has 0 saturated heterocycles. The van der Waals surface area contributed by atoms with Crippen molar-refractivity contribution in [1.29, 1.82) is 0 Å². The number of hydrogen-bond donors (Lipinski definition) is 1. The predicted octanol–water partition coefficient (Wildman–Crippen LogP) is 5.34. The zero-order chi connectivity index (χ0) is 20.5. The summed E-state index contributed by atoms with van der Waals surface area (Å²) in [7, 11) is 0. The van der Waals surface area contributed by atoms with E-state index in [1.807, 2.05) is 6.07 Å². The molecule has 0 radical (unpaired) electrons. The largest absolute Gasteiger partial charge is 0.494 e. The van der Waals surface area contributed by atoms with Gasteiger partial charge in [0, 0.05) is 11.3 Å². The fraction of sp³-hybridized carbons (Fsp3) is 0.167. The van der Waals surface area contributed by atoms with E-state index in [1.165, 1.54) is 0 Å². The van der Waals surface area contributed by atoms with E-state index in [4.69, 9.17) is 9.47 Å². The SMILES string of the molecule is CCCCOc1ccc(C(=O)Nc2ccc(OC(=O)c3ccccc3)cc2)cc1. The molecule has 3 aromatic rings. The number of carbonyl (C=O) groups excluding carboxylic acids is 2. The molecule has 3 aromatic carbocycles. The lowest BCUT2D eigenvalue weighted by Crippen LogP contribution is -2.12. The van der Waals surface area contributed by atoms with Gasteiger partial charge in [-0.1, -0.05) is 31.5 Å². The van der Waals surface area contributed by atoms with Gasteiger partial charge in [-0.2, -0.15) is 0 Å². The predicted molar refractivity (Wildman–Crippen MR) is 113 cm³/mol. The minimum Gasteiger partial charge on any atom is -0.494 e. The first-order valence-corrected chi connectivity index (χ1v) is 9.57. The van der Waals surface area contributed by atoms with Gasteiger partial charge < -0.3 is 14.8 Å². The first-order valence-electron chi connectivity index (χ1n) is 9.57. The molecule has 148 valence electrons. The van der Waals surface area contributed by atoms with Gasteiger partial charge in [0.15, 0.2) is 0 Å². The van der Waals surface area contributed by atoms with Crippen molar-refractivity contribution in [1.82, 2.24) is 0 Å². The summed E-state index contributed by atoms with van der Waals surface area (Å²) < 4.78 is 10.9. The molecule has 0 saturated carbocycles. The van der Waals surface area contributed by atoms with Crippen molar-refractivity contribution in [2.24, 2.45) is 0 Å². The average molecular weight is 389 g/mol. The molecular formula is C24H23NO4.